The highest BCUT2D eigenvalue weighted by Gasteiger charge is 2.19. The van der Waals surface area contributed by atoms with Crippen molar-refractivity contribution in [3.8, 4) is 0 Å². The number of carbonyl (C=O) groups is 1. The van der Waals surface area contributed by atoms with Crippen LogP contribution in [0.5, 0.6) is 0 Å². The molecular formula is C16H21ClN6O. The van der Waals surface area contributed by atoms with Gasteiger partial charge in [-0.15, -0.1) is 0 Å². The van der Waals surface area contributed by atoms with Gasteiger partial charge < -0.3 is 11.1 Å². The Balaban J connectivity index is 1.84. The number of anilines is 2. The lowest BCUT2D eigenvalue weighted by Gasteiger charge is -2.21. The molecule has 1 aliphatic rings. The third-order valence-electron chi connectivity index (χ3n) is 4.30. The number of carbonyl (C=O) groups excluding carboxylic acids is 1. The Morgan fingerprint density at radius 1 is 1.38 bits per heavy atom. The molecule has 7 nitrogen and oxygen atoms in total. The molecule has 1 amide bonds. The quantitative estimate of drug-likeness (QED) is 0.864. The molecule has 3 rings (SSSR count). The number of hydrogen-bond acceptors (Lipinski definition) is 5. The van der Waals surface area contributed by atoms with Gasteiger partial charge in [-0.25, -0.2) is 9.97 Å². The van der Waals surface area contributed by atoms with E-state index < -0.39 is 5.91 Å². The molecule has 3 N–H and O–H groups in total. The van der Waals surface area contributed by atoms with Crippen molar-refractivity contribution in [1.82, 2.24) is 19.7 Å². The van der Waals surface area contributed by atoms with E-state index in [9.17, 15) is 4.79 Å². The van der Waals surface area contributed by atoms with Crippen LogP contribution in [-0.4, -0.2) is 25.7 Å². The minimum atomic E-state index is -0.643. The molecule has 1 saturated carbocycles. The van der Waals surface area contributed by atoms with Gasteiger partial charge in [0.25, 0.3) is 5.91 Å². The number of rotatable bonds is 5. The fourth-order valence-corrected chi connectivity index (χ4v) is 3.28. The van der Waals surface area contributed by atoms with E-state index in [2.05, 4.69) is 20.4 Å². The standard InChI is InChI=1S/C16H21ClN6O/c1-2-12-14(17)22-16(13(21-12)15(18)24)20-10-8-19-23(9-10)11-6-4-3-5-7-11/h8-9,11H,2-7H2,1H3,(H2,18,24)(H,20,22). The Morgan fingerprint density at radius 3 is 2.79 bits per heavy atom. The number of primary amides is 1. The van der Waals surface area contributed by atoms with Gasteiger partial charge in [-0.2, -0.15) is 5.10 Å². The normalized spacial score (nSPS) is 15.4. The molecule has 0 aromatic carbocycles. The molecule has 0 aliphatic heterocycles. The molecule has 0 unspecified atom stereocenters. The van der Waals surface area contributed by atoms with Crippen molar-refractivity contribution in [3.63, 3.8) is 0 Å². The molecule has 0 atom stereocenters. The van der Waals surface area contributed by atoms with Crippen molar-refractivity contribution >= 4 is 29.0 Å². The second-order valence-electron chi connectivity index (χ2n) is 6.00. The van der Waals surface area contributed by atoms with E-state index in [1.54, 1.807) is 6.20 Å². The van der Waals surface area contributed by atoms with Crippen LogP contribution in [0.25, 0.3) is 0 Å². The zero-order chi connectivity index (χ0) is 17.1. The summed E-state index contributed by atoms with van der Waals surface area (Å²) in [6, 6.07) is 0.432. The van der Waals surface area contributed by atoms with Crippen LogP contribution < -0.4 is 11.1 Å². The first-order chi connectivity index (χ1) is 11.6. The van der Waals surface area contributed by atoms with Crippen molar-refractivity contribution in [2.24, 2.45) is 5.73 Å². The summed E-state index contributed by atoms with van der Waals surface area (Å²) in [4.78, 5) is 20.1. The third-order valence-corrected chi connectivity index (χ3v) is 4.60. The van der Waals surface area contributed by atoms with E-state index in [4.69, 9.17) is 17.3 Å². The van der Waals surface area contributed by atoms with Crippen molar-refractivity contribution in [2.45, 2.75) is 51.5 Å². The van der Waals surface area contributed by atoms with Crippen molar-refractivity contribution in [2.75, 3.05) is 5.32 Å². The fraction of sp³-hybridized carbons (Fsp3) is 0.500. The number of amides is 1. The molecule has 2 aromatic heterocycles. The topological polar surface area (TPSA) is 98.7 Å². The third kappa shape index (κ3) is 3.51. The molecule has 0 spiro atoms. The monoisotopic (exact) mass is 348 g/mol. The molecule has 2 heterocycles. The number of halogens is 1. The summed E-state index contributed by atoms with van der Waals surface area (Å²) >= 11 is 6.11. The summed E-state index contributed by atoms with van der Waals surface area (Å²) in [5, 5.41) is 7.75. The maximum absolute atomic E-state index is 11.7. The smallest absolute Gasteiger partial charge is 0.271 e. The summed E-state index contributed by atoms with van der Waals surface area (Å²) in [6.45, 7) is 1.89. The van der Waals surface area contributed by atoms with Gasteiger partial charge in [0.15, 0.2) is 16.7 Å². The van der Waals surface area contributed by atoms with Crippen LogP contribution >= 0.6 is 11.6 Å². The van der Waals surface area contributed by atoms with E-state index >= 15 is 0 Å². The fourth-order valence-electron chi connectivity index (χ4n) is 3.02. The Kier molecular flexibility index (Phi) is 4.99. The van der Waals surface area contributed by atoms with Gasteiger partial charge in [0, 0.05) is 6.20 Å². The van der Waals surface area contributed by atoms with Crippen molar-refractivity contribution in [3.05, 3.63) is 28.9 Å². The SMILES string of the molecule is CCc1nc(C(N)=O)c(Nc2cnn(C3CCCCC3)c2)nc1Cl. The lowest BCUT2D eigenvalue weighted by molar-refractivity contribution is 0.0996. The number of nitrogens with zero attached hydrogens (tertiary/aromatic N) is 4. The molecule has 128 valence electrons. The Morgan fingerprint density at radius 2 is 2.12 bits per heavy atom. The van der Waals surface area contributed by atoms with Gasteiger partial charge >= 0.3 is 0 Å². The highest BCUT2D eigenvalue weighted by molar-refractivity contribution is 6.30. The largest absolute Gasteiger partial charge is 0.364 e. The average Bonchev–Trinajstić information content (AvgIpc) is 3.04. The second kappa shape index (κ2) is 7.17. The summed E-state index contributed by atoms with van der Waals surface area (Å²) in [5.74, 6) is -0.385. The van der Waals surface area contributed by atoms with E-state index in [1.165, 1.54) is 19.3 Å². The van der Waals surface area contributed by atoms with Crippen LogP contribution in [0, 0.1) is 0 Å². The van der Waals surface area contributed by atoms with Crippen LogP contribution in [-0.2, 0) is 6.42 Å². The van der Waals surface area contributed by atoms with E-state index in [1.807, 2.05) is 17.8 Å². The average molecular weight is 349 g/mol. The molecule has 0 bridgehead atoms. The Labute approximate surface area is 145 Å². The lowest BCUT2D eigenvalue weighted by Crippen LogP contribution is -2.18. The maximum Gasteiger partial charge on any atom is 0.271 e. The zero-order valence-corrected chi connectivity index (χ0v) is 14.4. The van der Waals surface area contributed by atoms with Crippen LogP contribution in [0.1, 0.15) is 61.3 Å². The van der Waals surface area contributed by atoms with Crippen LogP contribution in [0.2, 0.25) is 5.15 Å². The zero-order valence-electron chi connectivity index (χ0n) is 13.6. The van der Waals surface area contributed by atoms with Gasteiger partial charge in [0.05, 0.1) is 23.6 Å². The second-order valence-corrected chi connectivity index (χ2v) is 6.36. The molecule has 24 heavy (non-hydrogen) atoms. The molecule has 2 aromatic rings. The van der Waals surface area contributed by atoms with E-state index in [0.29, 0.717) is 18.2 Å². The number of hydrogen-bond donors (Lipinski definition) is 2. The predicted octanol–water partition coefficient (Wildman–Crippen LogP) is 3.24. The minimum absolute atomic E-state index is 0.0849. The first kappa shape index (κ1) is 16.7. The highest BCUT2D eigenvalue weighted by atomic mass is 35.5. The van der Waals surface area contributed by atoms with Gasteiger partial charge in [0.2, 0.25) is 0 Å². The maximum atomic E-state index is 11.7. The molecule has 0 radical (unpaired) electrons. The van der Waals surface area contributed by atoms with Crippen LogP contribution in [0.15, 0.2) is 12.4 Å². The van der Waals surface area contributed by atoms with Crippen LogP contribution in [0.4, 0.5) is 11.5 Å². The van der Waals surface area contributed by atoms with Gasteiger partial charge in [0.1, 0.15) is 0 Å². The first-order valence-corrected chi connectivity index (χ1v) is 8.63. The molecule has 1 aliphatic carbocycles. The van der Waals surface area contributed by atoms with Crippen molar-refractivity contribution < 1.29 is 4.79 Å². The summed E-state index contributed by atoms with van der Waals surface area (Å²) in [7, 11) is 0. The van der Waals surface area contributed by atoms with Crippen molar-refractivity contribution in [1.29, 1.82) is 0 Å². The number of aryl methyl sites for hydroxylation is 1. The van der Waals surface area contributed by atoms with E-state index in [-0.39, 0.29) is 16.7 Å². The van der Waals surface area contributed by atoms with E-state index in [0.717, 1.165) is 18.5 Å². The number of nitrogens with two attached hydrogens (primary N) is 1. The summed E-state index contributed by atoms with van der Waals surface area (Å²) in [5.41, 5.74) is 6.79. The summed E-state index contributed by atoms with van der Waals surface area (Å²) < 4.78 is 1.97. The Hall–Kier alpha value is -2.15. The van der Waals surface area contributed by atoms with Gasteiger partial charge in [-0.05, 0) is 19.3 Å². The van der Waals surface area contributed by atoms with Crippen LogP contribution in [0.3, 0.4) is 0 Å². The summed E-state index contributed by atoms with van der Waals surface area (Å²) in [6.07, 6.45) is 10.3. The first-order valence-electron chi connectivity index (χ1n) is 8.26. The molecule has 1 fully saturated rings. The predicted molar refractivity (Wildman–Crippen MR) is 92.6 cm³/mol. The van der Waals surface area contributed by atoms with Gasteiger partial charge in [-0.1, -0.05) is 37.8 Å². The Bertz CT molecular complexity index is 738. The highest BCUT2D eigenvalue weighted by Crippen LogP contribution is 2.29. The minimum Gasteiger partial charge on any atom is -0.364 e. The molecule has 8 heteroatoms. The molecular weight excluding hydrogens is 328 g/mol. The van der Waals surface area contributed by atoms with Gasteiger partial charge in [-0.3, -0.25) is 9.48 Å². The number of nitrogens with one attached hydrogen (secondary N) is 1. The number of aromatic nitrogens is 4. The molecule has 0 saturated heterocycles. The lowest BCUT2D eigenvalue weighted by atomic mass is 9.96.